The number of hydrogen-bond acceptors (Lipinski definition) is 5. The van der Waals surface area contributed by atoms with Gasteiger partial charge in [0, 0.05) is 6.07 Å². The SMILES string of the molecule is COc1cccc(OCC(=O)NNC(=O)COc2ccc(C)cc2)c1. The summed E-state index contributed by atoms with van der Waals surface area (Å²) in [5.74, 6) is 0.721. The number of hydrogen-bond donors (Lipinski definition) is 2. The topological polar surface area (TPSA) is 85.9 Å². The van der Waals surface area contributed by atoms with Crippen LogP contribution in [0.1, 0.15) is 5.56 Å². The number of rotatable bonds is 7. The Morgan fingerprint density at radius 2 is 1.40 bits per heavy atom. The summed E-state index contributed by atoms with van der Waals surface area (Å²) in [6, 6.07) is 14.2. The van der Waals surface area contributed by atoms with Gasteiger partial charge in [-0.15, -0.1) is 0 Å². The molecular weight excluding hydrogens is 324 g/mol. The lowest BCUT2D eigenvalue weighted by Gasteiger charge is -2.10. The summed E-state index contributed by atoms with van der Waals surface area (Å²) in [5, 5.41) is 0. The molecule has 0 saturated heterocycles. The smallest absolute Gasteiger partial charge is 0.276 e. The molecule has 132 valence electrons. The second-order valence-electron chi connectivity index (χ2n) is 5.17. The fourth-order valence-electron chi connectivity index (χ4n) is 1.83. The Morgan fingerprint density at radius 3 is 2.00 bits per heavy atom. The molecule has 2 aromatic carbocycles. The zero-order chi connectivity index (χ0) is 18.1. The highest BCUT2D eigenvalue weighted by atomic mass is 16.5. The number of ether oxygens (including phenoxy) is 3. The molecule has 7 nitrogen and oxygen atoms in total. The van der Waals surface area contributed by atoms with Crippen molar-refractivity contribution < 1.29 is 23.8 Å². The minimum atomic E-state index is -0.494. The van der Waals surface area contributed by atoms with Gasteiger partial charge in [0.2, 0.25) is 0 Å². The fourth-order valence-corrected chi connectivity index (χ4v) is 1.83. The van der Waals surface area contributed by atoms with Crippen LogP contribution in [0.3, 0.4) is 0 Å². The molecule has 0 spiro atoms. The van der Waals surface area contributed by atoms with Crippen molar-refractivity contribution in [3.63, 3.8) is 0 Å². The second-order valence-corrected chi connectivity index (χ2v) is 5.17. The standard InChI is InChI=1S/C18H20N2O5/c1-13-6-8-14(9-7-13)24-11-17(21)19-20-18(22)12-25-16-5-3-4-15(10-16)23-2/h3-10H,11-12H2,1-2H3,(H,19,21)(H,20,22). The van der Waals surface area contributed by atoms with Crippen LogP contribution in [0.25, 0.3) is 0 Å². The molecule has 2 rings (SSSR count). The molecule has 0 atom stereocenters. The number of benzene rings is 2. The predicted molar refractivity (Wildman–Crippen MR) is 91.4 cm³/mol. The van der Waals surface area contributed by atoms with E-state index in [1.165, 1.54) is 0 Å². The van der Waals surface area contributed by atoms with Crippen LogP contribution in [0.5, 0.6) is 17.2 Å². The van der Waals surface area contributed by atoms with Crippen molar-refractivity contribution in [2.24, 2.45) is 0 Å². The summed E-state index contributed by atoms with van der Waals surface area (Å²) in [7, 11) is 1.54. The fraction of sp³-hybridized carbons (Fsp3) is 0.222. The molecule has 0 aromatic heterocycles. The highest BCUT2D eigenvalue weighted by Gasteiger charge is 2.07. The molecular formula is C18H20N2O5. The minimum absolute atomic E-state index is 0.208. The van der Waals surface area contributed by atoms with Gasteiger partial charge in [-0.3, -0.25) is 20.4 Å². The summed E-state index contributed by atoms with van der Waals surface area (Å²) in [6.45, 7) is 1.51. The van der Waals surface area contributed by atoms with E-state index in [0.717, 1.165) is 5.56 Å². The van der Waals surface area contributed by atoms with Gasteiger partial charge in [0.05, 0.1) is 7.11 Å². The molecule has 0 aliphatic carbocycles. The van der Waals surface area contributed by atoms with Crippen molar-refractivity contribution in [1.29, 1.82) is 0 Å². The Bertz CT molecular complexity index is 716. The third kappa shape index (κ3) is 6.42. The van der Waals surface area contributed by atoms with Crippen LogP contribution in [0.4, 0.5) is 0 Å². The average molecular weight is 344 g/mol. The molecule has 0 aliphatic rings. The van der Waals surface area contributed by atoms with Gasteiger partial charge < -0.3 is 14.2 Å². The van der Waals surface area contributed by atoms with Gasteiger partial charge in [-0.2, -0.15) is 0 Å². The highest BCUT2D eigenvalue weighted by Crippen LogP contribution is 2.18. The van der Waals surface area contributed by atoms with Gasteiger partial charge in [-0.1, -0.05) is 23.8 Å². The summed E-state index contributed by atoms with van der Waals surface area (Å²) < 4.78 is 15.7. The van der Waals surface area contributed by atoms with Crippen LogP contribution in [0.15, 0.2) is 48.5 Å². The first-order valence-corrected chi connectivity index (χ1v) is 7.61. The third-order valence-corrected chi connectivity index (χ3v) is 3.14. The van der Waals surface area contributed by atoms with Gasteiger partial charge in [-0.25, -0.2) is 0 Å². The Labute approximate surface area is 145 Å². The van der Waals surface area contributed by atoms with Gasteiger partial charge >= 0.3 is 0 Å². The quantitative estimate of drug-likeness (QED) is 0.745. The highest BCUT2D eigenvalue weighted by molar-refractivity contribution is 5.83. The van der Waals surface area contributed by atoms with Gasteiger partial charge in [0.15, 0.2) is 13.2 Å². The molecule has 25 heavy (non-hydrogen) atoms. The average Bonchev–Trinajstić information content (AvgIpc) is 2.64. The summed E-state index contributed by atoms with van der Waals surface area (Å²) in [5.41, 5.74) is 5.60. The van der Waals surface area contributed by atoms with Crippen LogP contribution in [-0.2, 0) is 9.59 Å². The molecule has 0 saturated carbocycles. The first-order chi connectivity index (χ1) is 12.1. The molecule has 0 bridgehead atoms. The number of carbonyl (C=O) groups is 2. The number of hydrazine groups is 1. The summed E-state index contributed by atoms with van der Waals surface area (Å²) >= 11 is 0. The van der Waals surface area contributed by atoms with Gasteiger partial charge in [0.1, 0.15) is 17.2 Å². The molecule has 0 heterocycles. The van der Waals surface area contributed by atoms with Crippen LogP contribution >= 0.6 is 0 Å². The lowest BCUT2D eigenvalue weighted by Crippen LogP contribution is -2.45. The number of aryl methyl sites for hydroxylation is 1. The summed E-state index contributed by atoms with van der Waals surface area (Å²) in [6.07, 6.45) is 0. The lowest BCUT2D eigenvalue weighted by molar-refractivity contribution is -0.131. The van der Waals surface area contributed by atoms with Crippen molar-refractivity contribution >= 4 is 11.8 Å². The van der Waals surface area contributed by atoms with Crippen LogP contribution in [0, 0.1) is 6.92 Å². The van der Waals surface area contributed by atoms with Crippen molar-refractivity contribution in [2.75, 3.05) is 20.3 Å². The van der Waals surface area contributed by atoms with Crippen molar-refractivity contribution in [3.8, 4) is 17.2 Å². The van der Waals surface area contributed by atoms with E-state index in [1.54, 1.807) is 43.5 Å². The first kappa shape index (κ1) is 18.1. The lowest BCUT2D eigenvalue weighted by atomic mass is 10.2. The Kier molecular flexibility index (Phi) is 6.65. The molecule has 7 heteroatoms. The Hall–Kier alpha value is -3.22. The zero-order valence-electron chi connectivity index (χ0n) is 14.1. The normalized spacial score (nSPS) is 9.84. The maximum atomic E-state index is 11.7. The minimum Gasteiger partial charge on any atom is -0.497 e. The first-order valence-electron chi connectivity index (χ1n) is 7.61. The molecule has 2 N–H and O–H groups in total. The largest absolute Gasteiger partial charge is 0.497 e. The van der Waals surface area contributed by atoms with Gasteiger partial charge in [-0.05, 0) is 31.2 Å². The maximum Gasteiger partial charge on any atom is 0.276 e. The van der Waals surface area contributed by atoms with Crippen LogP contribution in [0.2, 0.25) is 0 Å². The van der Waals surface area contributed by atoms with E-state index in [-0.39, 0.29) is 13.2 Å². The van der Waals surface area contributed by atoms with E-state index >= 15 is 0 Å². The van der Waals surface area contributed by atoms with E-state index in [9.17, 15) is 9.59 Å². The predicted octanol–water partition coefficient (Wildman–Crippen LogP) is 1.61. The number of carbonyl (C=O) groups excluding carboxylic acids is 2. The van der Waals surface area contributed by atoms with E-state index in [1.807, 2.05) is 19.1 Å². The molecule has 0 fully saturated rings. The molecule has 2 amide bonds. The van der Waals surface area contributed by atoms with Crippen molar-refractivity contribution in [3.05, 3.63) is 54.1 Å². The van der Waals surface area contributed by atoms with E-state index < -0.39 is 11.8 Å². The molecule has 0 aliphatic heterocycles. The molecule has 0 radical (unpaired) electrons. The second kappa shape index (κ2) is 9.17. The van der Waals surface area contributed by atoms with Gasteiger partial charge in [0.25, 0.3) is 11.8 Å². The number of methoxy groups -OCH3 is 1. The number of nitrogens with one attached hydrogen (secondary N) is 2. The number of amides is 2. The zero-order valence-corrected chi connectivity index (χ0v) is 14.1. The maximum absolute atomic E-state index is 11.7. The van der Waals surface area contributed by atoms with E-state index in [0.29, 0.717) is 17.2 Å². The molecule has 0 unspecified atom stereocenters. The van der Waals surface area contributed by atoms with Crippen molar-refractivity contribution in [1.82, 2.24) is 10.9 Å². The van der Waals surface area contributed by atoms with Crippen LogP contribution in [-0.4, -0.2) is 32.1 Å². The van der Waals surface area contributed by atoms with E-state index in [4.69, 9.17) is 14.2 Å². The van der Waals surface area contributed by atoms with Crippen molar-refractivity contribution in [2.45, 2.75) is 6.92 Å². The van der Waals surface area contributed by atoms with Crippen LogP contribution < -0.4 is 25.1 Å². The van der Waals surface area contributed by atoms with E-state index in [2.05, 4.69) is 10.9 Å². The Morgan fingerprint density at radius 1 is 0.840 bits per heavy atom. The Balaban J connectivity index is 1.66. The molecule has 2 aromatic rings. The summed E-state index contributed by atoms with van der Waals surface area (Å²) in [4.78, 5) is 23.3. The monoisotopic (exact) mass is 344 g/mol. The third-order valence-electron chi connectivity index (χ3n) is 3.14.